The molecule has 0 amide bonds. The first-order valence-corrected chi connectivity index (χ1v) is 6.56. The topological polar surface area (TPSA) is 46.6 Å². The van der Waals surface area contributed by atoms with E-state index in [0.717, 1.165) is 0 Å². The average Bonchev–Trinajstić information content (AvgIpc) is 2.29. The van der Waals surface area contributed by atoms with E-state index in [4.69, 9.17) is 4.74 Å². The van der Waals surface area contributed by atoms with Gasteiger partial charge in [-0.15, -0.1) is 0 Å². The van der Waals surface area contributed by atoms with Gasteiger partial charge in [-0.25, -0.2) is 0 Å². The van der Waals surface area contributed by atoms with Crippen LogP contribution in [0.2, 0.25) is 0 Å². The summed E-state index contributed by atoms with van der Waals surface area (Å²) < 4.78 is 40.7. The molecule has 17 heavy (non-hydrogen) atoms. The van der Waals surface area contributed by atoms with Crippen LogP contribution in [-0.2, 0) is 10.4 Å². The summed E-state index contributed by atoms with van der Waals surface area (Å²) in [4.78, 5) is 0. The Labute approximate surface area is 101 Å². The zero-order valence-corrected chi connectivity index (χ0v) is 10.9. The molecule has 0 bridgehead atoms. The van der Waals surface area contributed by atoms with Crippen molar-refractivity contribution in [2.24, 2.45) is 0 Å². The lowest BCUT2D eigenvalue weighted by atomic mass is 10.0. The van der Waals surface area contributed by atoms with Gasteiger partial charge in [-0.05, 0) is 12.5 Å². The zero-order valence-electron chi connectivity index (χ0n) is 10.1. The lowest BCUT2D eigenvalue weighted by Crippen LogP contribution is -2.28. The van der Waals surface area contributed by atoms with E-state index in [9.17, 15) is 12.3 Å². The van der Waals surface area contributed by atoms with Crippen molar-refractivity contribution < 1.29 is 17.0 Å². The minimum atomic E-state index is -4.71. The fraction of sp³-hybridized carbons (Fsp3) is 0.455. The summed E-state index contributed by atoms with van der Waals surface area (Å²) in [5.41, 5.74) is 0.654. The maximum atomic E-state index is 13.0. The van der Waals surface area contributed by atoms with E-state index in [-0.39, 0.29) is 0 Å². The van der Waals surface area contributed by atoms with Crippen LogP contribution in [0.1, 0.15) is 24.9 Å². The summed E-state index contributed by atoms with van der Waals surface area (Å²) >= 11 is 0. The maximum absolute atomic E-state index is 13.0. The molecule has 4 nitrogen and oxygen atoms in total. The molecule has 0 radical (unpaired) electrons. The molecule has 1 aromatic carbocycles. The van der Waals surface area contributed by atoms with Crippen molar-refractivity contribution >= 4 is 10.4 Å². The molecule has 0 aliphatic heterocycles. The fourth-order valence-corrected chi connectivity index (χ4v) is 2.33. The summed E-state index contributed by atoms with van der Waals surface area (Å²) in [6.07, 6.45) is 0.458. The Morgan fingerprint density at radius 2 is 2.00 bits per heavy atom. The molecule has 0 spiro atoms. The van der Waals surface area contributed by atoms with Gasteiger partial charge in [0.25, 0.3) is 0 Å². The van der Waals surface area contributed by atoms with Gasteiger partial charge < -0.3 is 4.74 Å². The van der Waals surface area contributed by atoms with E-state index in [1.54, 1.807) is 31.2 Å². The zero-order chi connectivity index (χ0) is 13.1. The lowest BCUT2D eigenvalue weighted by molar-refractivity contribution is 0.331. The van der Waals surface area contributed by atoms with Crippen LogP contribution in [0, 0.1) is 0 Å². The molecule has 0 saturated heterocycles. The highest BCUT2D eigenvalue weighted by Gasteiger charge is 2.27. The van der Waals surface area contributed by atoms with Gasteiger partial charge in [0.15, 0.2) is 0 Å². The molecule has 1 atom stereocenters. The summed E-state index contributed by atoms with van der Waals surface area (Å²) in [5.74, 6) is 0.551. The van der Waals surface area contributed by atoms with Gasteiger partial charge in [0.2, 0.25) is 0 Å². The highest BCUT2D eigenvalue weighted by molar-refractivity contribution is 7.83. The first kappa shape index (κ1) is 13.9. The first-order chi connectivity index (χ1) is 7.91. The number of para-hydroxylation sites is 1. The van der Waals surface area contributed by atoms with Gasteiger partial charge in [0.1, 0.15) is 5.75 Å². The molecule has 96 valence electrons. The molecular weight excluding hydrogens is 245 g/mol. The maximum Gasteiger partial charge on any atom is 0.375 e. The second kappa shape index (κ2) is 5.46. The van der Waals surface area contributed by atoms with E-state index < -0.39 is 16.5 Å². The van der Waals surface area contributed by atoms with Gasteiger partial charge in [0.05, 0.1) is 13.2 Å². The van der Waals surface area contributed by atoms with Crippen molar-refractivity contribution in [1.29, 1.82) is 0 Å². The van der Waals surface area contributed by atoms with E-state index in [1.807, 2.05) is 0 Å². The Hall–Kier alpha value is -1.14. The average molecular weight is 261 g/mol. The van der Waals surface area contributed by atoms with Gasteiger partial charge >= 0.3 is 10.4 Å². The van der Waals surface area contributed by atoms with Crippen LogP contribution < -0.4 is 4.74 Å². The molecule has 0 aromatic heterocycles. The number of ether oxygens (including phenoxy) is 1. The van der Waals surface area contributed by atoms with Crippen molar-refractivity contribution in [3.05, 3.63) is 29.8 Å². The van der Waals surface area contributed by atoms with Crippen LogP contribution in [0.25, 0.3) is 0 Å². The van der Waals surface area contributed by atoms with Crippen LogP contribution in [-0.4, -0.2) is 26.9 Å². The molecule has 0 saturated carbocycles. The minimum absolute atomic E-state index is 0.458. The molecule has 0 fully saturated rings. The number of hydrogen-bond donors (Lipinski definition) is 0. The van der Waals surface area contributed by atoms with E-state index >= 15 is 0 Å². The van der Waals surface area contributed by atoms with Crippen LogP contribution in [0.3, 0.4) is 0 Å². The molecular formula is C11H16FNO3S. The SMILES string of the molecule is CCC(c1ccccc1OC)N(C)S(=O)(=O)F. The summed E-state index contributed by atoms with van der Waals surface area (Å²) in [5, 5.41) is 0. The number of hydrogen-bond acceptors (Lipinski definition) is 3. The summed E-state index contributed by atoms with van der Waals surface area (Å²) in [6, 6.07) is 6.42. The van der Waals surface area contributed by atoms with Crippen LogP contribution >= 0.6 is 0 Å². The summed E-state index contributed by atoms with van der Waals surface area (Å²) in [6.45, 7) is 1.79. The molecule has 6 heteroatoms. The number of methoxy groups -OCH3 is 1. The van der Waals surface area contributed by atoms with Crippen molar-refractivity contribution in [2.75, 3.05) is 14.2 Å². The minimum Gasteiger partial charge on any atom is -0.496 e. The van der Waals surface area contributed by atoms with Crippen molar-refractivity contribution in [2.45, 2.75) is 19.4 Å². The highest BCUT2D eigenvalue weighted by atomic mass is 32.3. The van der Waals surface area contributed by atoms with E-state index in [2.05, 4.69) is 0 Å². The third kappa shape index (κ3) is 3.17. The van der Waals surface area contributed by atoms with E-state index in [1.165, 1.54) is 14.2 Å². The Bertz CT molecular complexity index is 475. The Morgan fingerprint density at radius 1 is 1.41 bits per heavy atom. The molecule has 0 heterocycles. The van der Waals surface area contributed by atoms with Crippen molar-refractivity contribution in [3.63, 3.8) is 0 Å². The van der Waals surface area contributed by atoms with Gasteiger partial charge in [-0.1, -0.05) is 29.0 Å². The van der Waals surface area contributed by atoms with Crippen LogP contribution in [0.5, 0.6) is 5.75 Å². The van der Waals surface area contributed by atoms with Gasteiger partial charge in [0, 0.05) is 12.6 Å². The largest absolute Gasteiger partial charge is 0.496 e. The Balaban J connectivity index is 3.18. The third-order valence-corrected chi connectivity index (χ3v) is 3.61. The predicted molar refractivity (Wildman–Crippen MR) is 63.8 cm³/mol. The van der Waals surface area contributed by atoms with Crippen molar-refractivity contribution in [1.82, 2.24) is 4.31 Å². The summed E-state index contributed by atoms with van der Waals surface area (Å²) in [7, 11) is -2.00. The van der Waals surface area contributed by atoms with Gasteiger partial charge in [-0.3, -0.25) is 0 Å². The molecule has 0 N–H and O–H groups in total. The van der Waals surface area contributed by atoms with Crippen molar-refractivity contribution in [3.8, 4) is 5.75 Å². The Kier molecular flexibility index (Phi) is 4.47. The molecule has 1 unspecified atom stereocenters. The van der Waals surface area contributed by atoms with E-state index in [0.29, 0.717) is 22.0 Å². The molecule has 1 rings (SSSR count). The lowest BCUT2D eigenvalue weighted by Gasteiger charge is -2.24. The monoisotopic (exact) mass is 261 g/mol. The quantitative estimate of drug-likeness (QED) is 0.764. The third-order valence-electron chi connectivity index (χ3n) is 2.67. The molecule has 0 aliphatic rings. The molecule has 1 aromatic rings. The Morgan fingerprint density at radius 3 is 2.47 bits per heavy atom. The normalized spacial score (nSPS) is 13.7. The second-order valence-corrected chi connectivity index (χ2v) is 5.02. The number of nitrogens with zero attached hydrogens (tertiary/aromatic N) is 1. The van der Waals surface area contributed by atoms with Crippen LogP contribution in [0.15, 0.2) is 24.3 Å². The number of halogens is 1. The standard InChI is InChI=1S/C11H16FNO3S/c1-4-10(13(2)17(12,14)15)9-7-5-6-8-11(9)16-3/h5-8,10H,4H2,1-3H3. The van der Waals surface area contributed by atoms with Gasteiger partial charge in [-0.2, -0.15) is 12.7 Å². The first-order valence-electron chi connectivity index (χ1n) is 5.22. The number of benzene rings is 1. The fourth-order valence-electron chi connectivity index (χ4n) is 1.77. The molecule has 0 aliphatic carbocycles. The number of rotatable bonds is 5. The highest BCUT2D eigenvalue weighted by Crippen LogP contribution is 2.32. The van der Waals surface area contributed by atoms with Crippen LogP contribution in [0.4, 0.5) is 3.89 Å². The predicted octanol–water partition coefficient (Wildman–Crippen LogP) is 2.29. The second-order valence-electron chi connectivity index (χ2n) is 3.62. The smallest absolute Gasteiger partial charge is 0.375 e.